The number of benzene rings is 2. The van der Waals surface area contributed by atoms with E-state index in [-0.39, 0.29) is 12.5 Å². The molecule has 1 aliphatic heterocycles. The summed E-state index contributed by atoms with van der Waals surface area (Å²) in [6, 6.07) is 15.0. The van der Waals surface area contributed by atoms with Crippen LogP contribution in [0.4, 0.5) is 4.79 Å². The Labute approximate surface area is 169 Å². The molecule has 7 heteroatoms. The topological polar surface area (TPSA) is 84.9 Å². The number of imide groups is 1. The summed E-state index contributed by atoms with van der Waals surface area (Å²) in [4.78, 5) is 38.0. The molecular formula is C22H24N2O5. The predicted octanol–water partition coefficient (Wildman–Crippen LogP) is 2.85. The normalized spacial score (nSPS) is 17.2. The fraction of sp³-hybridized carbons (Fsp3) is 0.318. The molecule has 152 valence electrons. The molecule has 2 aromatic carbocycles. The zero-order chi connectivity index (χ0) is 21.0. The van der Waals surface area contributed by atoms with Gasteiger partial charge >= 0.3 is 12.0 Å². The van der Waals surface area contributed by atoms with Gasteiger partial charge in [0.1, 0.15) is 24.4 Å². The maximum Gasteiger partial charge on any atom is 0.329 e. The molecule has 2 atom stereocenters. The summed E-state index contributed by atoms with van der Waals surface area (Å²) in [7, 11) is 1.23. The molecule has 1 saturated heterocycles. The number of urea groups is 1. The van der Waals surface area contributed by atoms with E-state index in [1.54, 1.807) is 13.8 Å². The summed E-state index contributed by atoms with van der Waals surface area (Å²) in [5.41, 5.74) is 2.14. The van der Waals surface area contributed by atoms with Gasteiger partial charge in [0.05, 0.1) is 7.11 Å². The number of carbonyl (C=O) groups excluding carboxylic acids is 3. The van der Waals surface area contributed by atoms with Gasteiger partial charge < -0.3 is 14.8 Å². The molecule has 3 rings (SSSR count). The number of hydrogen-bond acceptors (Lipinski definition) is 5. The van der Waals surface area contributed by atoms with Gasteiger partial charge in [0.25, 0.3) is 5.91 Å². The van der Waals surface area contributed by atoms with Crippen molar-refractivity contribution in [2.24, 2.45) is 5.92 Å². The Morgan fingerprint density at radius 1 is 1.03 bits per heavy atom. The highest BCUT2D eigenvalue weighted by Gasteiger charge is 2.46. The lowest BCUT2D eigenvalue weighted by Gasteiger charge is -2.26. The molecule has 2 aromatic rings. The van der Waals surface area contributed by atoms with Gasteiger partial charge in [-0.25, -0.2) is 14.5 Å². The van der Waals surface area contributed by atoms with Gasteiger partial charge in [-0.15, -0.1) is 0 Å². The van der Waals surface area contributed by atoms with Gasteiger partial charge in [-0.3, -0.25) is 4.79 Å². The molecular weight excluding hydrogens is 372 g/mol. The molecule has 3 amide bonds. The van der Waals surface area contributed by atoms with Crippen LogP contribution in [0.3, 0.4) is 0 Å². The van der Waals surface area contributed by atoms with Crippen molar-refractivity contribution in [1.82, 2.24) is 10.2 Å². The van der Waals surface area contributed by atoms with Crippen molar-refractivity contribution in [3.63, 3.8) is 0 Å². The Morgan fingerprint density at radius 2 is 1.66 bits per heavy atom. The zero-order valence-corrected chi connectivity index (χ0v) is 16.6. The van der Waals surface area contributed by atoms with Crippen LogP contribution in [-0.2, 0) is 14.3 Å². The molecule has 0 spiro atoms. The Kier molecular flexibility index (Phi) is 6.16. The van der Waals surface area contributed by atoms with Crippen molar-refractivity contribution in [2.75, 3.05) is 13.7 Å². The lowest BCUT2D eigenvalue weighted by atomic mass is 10.0. The summed E-state index contributed by atoms with van der Waals surface area (Å²) < 4.78 is 10.4. The quantitative estimate of drug-likeness (QED) is 0.575. The maximum atomic E-state index is 12.7. The molecule has 1 fully saturated rings. The zero-order valence-electron chi connectivity index (χ0n) is 16.6. The number of ether oxygens (including phenoxy) is 2. The molecule has 29 heavy (non-hydrogen) atoms. The molecule has 1 aliphatic rings. The van der Waals surface area contributed by atoms with Crippen molar-refractivity contribution < 1.29 is 23.9 Å². The van der Waals surface area contributed by atoms with Crippen LogP contribution in [0.2, 0.25) is 0 Å². The molecule has 0 saturated carbocycles. The van der Waals surface area contributed by atoms with E-state index in [1.165, 1.54) is 7.11 Å². The fourth-order valence-corrected chi connectivity index (χ4v) is 3.27. The highest BCUT2D eigenvalue weighted by molar-refractivity contribution is 6.07. The highest BCUT2D eigenvalue weighted by atomic mass is 16.5. The third kappa shape index (κ3) is 4.39. The smallest absolute Gasteiger partial charge is 0.329 e. The van der Waals surface area contributed by atoms with Gasteiger partial charge in [-0.05, 0) is 29.2 Å². The number of methoxy groups -OCH3 is 1. The number of hydrogen-bond donors (Lipinski definition) is 1. The Hall–Kier alpha value is -3.35. The van der Waals surface area contributed by atoms with Crippen LogP contribution in [0.5, 0.6) is 5.75 Å². The minimum atomic E-state index is -0.970. The Bertz CT molecular complexity index is 880. The second kappa shape index (κ2) is 8.77. The minimum Gasteiger partial charge on any atom is -0.491 e. The summed E-state index contributed by atoms with van der Waals surface area (Å²) in [5, 5.41) is 2.58. The monoisotopic (exact) mass is 396 g/mol. The van der Waals surface area contributed by atoms with Gasteiger partial charge in [0.15, 0.2) is 0 Å². The molecule has 7 nitrogen and oxygen atoms in total. The Balaban J connectivity index is 1.65. The number of rotatable bonds is 7. The molecule has 1 heterocycles. The number of carbonyl (C=O) groups is 3. The number of esters is 1. The first-order valence-electron chi connectivity index (χ1n) is 9.42. The third-order valence-electron chi connectivity index (χ3n) is 4.78. The summed E-state index contributed by atoms with van der Waals surface area (Å²) in [6.07, 6.45) is 0. The van der Waals surface area contributed by atoms with Crippen molar-refractivity contribution in [1.29, 1.82) is 0 Å². The van der Waals surface area contributed by atoms with Crippen LogP contribution in [0.1, 0.15) is 13.8 Å². The number of nitrogens with zero attached hydrogens (tertiary/aromatic N) is 1. The SMILES string of the molecule is COC(=O)[C@@H](C(C)C)N1C(=O)N[C@@H](COc2ccc(-c3ccccc3)cc2)C1=O. The van der Waals surface area contributed by atoms with Crippen LogP contribution in [0, 0.1) is 5.92 Å². The van der Waals surface area contributed by atoms with Crippen molar-refractivity contribution in [2.45, 2.75) is 25.9 Å². The van der Waals surface area contributed by atoms with Crippen molar-refractivity contribution in [3.8, 4) is 16.9 Å². The summed E-state index contributed by atoms with van der Waals surface area (Å²) in [6.45, 7) is 3.47. The van der Waals surface area contributed by atoms with Crippen LogP contribution < -0.4 is 10.1 Å². The van der Waals surface area contributed by atoms with E-state index in [0.717, 1.165) is 16.0 Å². The molecule has 1 N–H and O–H groups in total. The number of amides is 3. The average molecular weight is 396 g/mol. The summed E-state index contributed by atoms with van der Waals surface area (Å²) in [5.74, 6) is -0.817. The van der Waals surface area contributed by atoms with Crippen molar-refractivity contribution in [3.05, 3.63) is 54.6 Å². The third-order valence-corrected chi connectivity index (χ3v) is 4.78. The first kappa shape index (κ1) is 20.4. The van der Waals surface area contributed by atoms with E-state index in [1.807, 2.05) is 54.6 Å². The lowest BCUT2D eigenvalue weighted by Crippen LogP contribution is -2.49. The highest BCUT2D eigenvalue weighted by Crippen LogP contribution is 2.23. The van der Waals surface area contributed by atoms with Crippen LogP contribution >= 0.6 is 0 Å². The molecule has 0 aromatic heterocycles. The van der Waals surface area contributed by atoms with E-state index in [2.05, 4.69) is 5.32 Å². The second-order valence-electron chi connectivity index (χ2n) is 7.12. The minimum absolute atomic E-state index is 0.0300. The first-order chi connectivity index (χ1) is 13.9. The van der Waals surface area contributed by atoms with E-state index in [0.29, 0.717) is 5.75 Å². The molecule has 0 unspecified atom stereocenters. The number of nitrogens with one attached hydrogen (secondary N) is 1. The lowest BCUT2D eigenvalue weighted by molar-refractivity contribution is -0.151. The standard InChI is InChI=1S/C22H24N2O5/c1-14(2)19(21(26)28-3)24-20(25)18(23-22(24)27)13-29-17-11-9-16(10-12-17)15-7-5-4-6-8-15/h4-12,14,18-19H,13H2,1-3H3,(H,23,27)/t18-,19+/m0/s1. The van der Waals surface area contributed by atoms with Crippen molar-refractivity contribution >= 4 is 17.9 Å². The van der Waals surface area contributed by atoms with E-state index >= 15 is 0 Å². The van der Waals surface area contributed by atoms with Crippen LogP contribution in [0.25, 0.3) is 11.1 Å². The van der Waals surface area contributed by atoms with Gasteiger partial charge in [-0.2, -0.15) is 0 Å². The van der Waals surface area contributed by atoms with Gasteiger partial charge in [0, 0.05) is 0 Å². The maximum absolute atomic E-state index is 12.7. The average Bonchev–Trinajstić information content (AvgIpc) is 3.01. The van der Waals surface area contributed by atoms with Crippen LogP contribution in [0.15, 0.2) is 54.6 Å². The molecule has 0 bridgehead atoms. The fourth-order valence-electron chi connectivity index (χ4n) is 3.27. The van der Waals surface area contributed by atoms with E-state index < -0.39 is 30.0 Å². The van der Waals surface area contributed by atoms with Gasteiger partial charge in [0.2, 0.25) is 0 Å². The molecule has 0 radical (unpaired) electrons. The van der Waals surface area contributed by atoms with Gasteiger partial charge in [-0.1, -0.05) is 56.3 Å². The molecule has 0 aliphatic carbocycles. The largest absolute Gasteiger partial charge is 0.491 e. The second-order valence-corrected chi connectivity index (χ2v) is 7.12. The van der Waals surface area contributed by atoms with E-state index in [9.17, 15) is 14.4 Å². The first-order valence-corrected chi connectivity index (χ1v) is 9.42. The summed E-state index contributed by atoms with van der Waals surface area (Å²) >= 11 is 0. The predicted molar refractivity (Wildman–Crippen MR) is 107 cm³/mol. The Morgan fingerprint density at radius 3 is 2.24 bits per heavy atom. The van der Waals surface area contributed by atoms with E-state index in [4.69, 9.17) is 9.47 Å². The van der Waals surface area contributed by atoms with Crippen LogP contribution in [-0.4, -0.2) is 48.6 Å².